The number of ether oxygens (including phenoxy) is 2. The van der Waals surface area contributed by atoms with E-state index in [0.29, 0.717) is 24.6 Å². The van der Waals surface area contributed by atoms with Gasteiger partial charge in [-0.3, -0.25) is 9.58 Å². The molecule has 2 aliphatic heterocycles. The van der Waals surface area contributed by atoms with Crippen molar-refractivity contribution in [2.45, 2.75) is 64.4 Å². The largest absolute Gasteiger partial charge is 0.376 e. The topological polar surface area (TPSA) is 73.7 Å². The lowest BCUT2D eigenvalue weighted by Crippen LogP contribution is -2.49. The third-order valence-electron chi connectivity index (χ3n) is 6.10. The number of thiophene rings is 1. The minimum Gasteiger partial charge on any atom is -0.376 e. The number of nitrogens with zero attached hydrogens (tertiary/aromatic N) is 3. The van der Waals surface area contributed by atoms with Crippen molar-refractivity contribution in [1.82, 2.24) is 14.7 Å². The van der Waals surface area contributed by atoms with E-state index in [1.807, 2.05) is 25.4 Å². The van der Waals surface area contributed by atoms with Crippen LogP contribution < -0.4 is 0 Å². The molecule has 2 atom stereocenters. The normalized spacial score (nSPS) is 26.0. The second kappa shape index (κ2) is 9.31. The highest BCUT2D eigenvalue weighted by Gasteiger charge is 2.44. The molecular formula is C22H33N3O4S2. The molecule has 4 heterocycles. The molecule has 172 valence electrons. The number of aryl methyl sites for hydroxylation is 1. The second-order valence-electron chi connectivity index (χ2n) is 8.61. The Labute approximate surface area is 192 Å². The first-order valence-corrected chi connectivity index (χ1v) is 13.7. The highest BCUT2D eigenvalue weighted by Crippen LogP contribution is 2.47. The van der Waals surface area contributed by atoms with Gasteiger partial charge >= 0.3 is 0 Å². The Morgan fingerprint density at radius 2 is 2.32 bits per heavy atom. The lowest BCUT2D eigenvalue weighted by molar-refractivity contribution is -0.110. The Bertz CT molecular complexity index is 1090. The van der Waals surface area contributed by atoms with Gasteiger partial charge in [-0.05, 0) is 44.7 Å². The van der Waals surface area contributed by atoms with Crippen LogP contribution >= 0.6 is 11.3 Å². The van der Waals surface area contributed by atoms with Crippen molar-refractivity contribution in [3.8, 4) is 0 Å². The molecule has 0 aliphatic carbocycles. The standard InChI is InChI=1S/C22H33N3O4S2/c1-4-28-16-20-11-19-5-9-29-22(21(19)30-20)6-7-24(17(2)12-22)14-18-13-23-25(15-18)8-10-31(3,26)27/h11,13,15,17H,4-10,12,14,16H2,1-3H3/t17-,22+/m0/s1/i16D2. The van der Waals surface area contributed by atoms with Gasteiger partial charge < -0.3 is 9.47 Å². The predicted molar refractivity (Wildman–Crippen MR) is 122 cm³/mol. The van der Waals surface area contributed by atoms with Crippen LogP contribution in [-0.2, 0) is 51.0 Å². The first-order valence-electron chi connectivity index (χ1n) is 11.9. The van der Waals surface area contributed by atoms with E-state index in [1.165, 1.54) is 23.2 Å². The van der Waals surface area contributed by atoms with Crippen LogP contribution in [0.5, 0.6) is 0 Å². The van der Waals surface area contributed by atoms with Crippen LogP contribution in [0.15, 0.2) is 18.5 Å². The molecule has 7 nitrogen and oxygen atoms in total. The minimum absolute atomic E-state index is 0.0838. The van der Waals surface area contributed by atoms with Crippen LogP contribution in [0, 0.1) is 0 Å². The van der Waals surface area contributed by atoms with Crippen LogP contribution in [0.3, 0.4) is 0 Å². The molecule has 0 bridgehead atoms. The van der Waals surface area contributed by atoms with Gasteiger partial charge in [0.2, 0.25) is 0 Å². The number of sulfone groups is 1. The van der Waals surface area contributed by atoms with E-state index in [4.69, 9.17) is 12.2 Å². The molecule has 1 spiro atoms. The summed E-state index contributed by atoms with van der Waals surface area (Å²) in [5.74, 6) is 0.0838. The summed E-state index contributed by atoms with van der Waals surface area (Å²) < 4.78 is 52.8. The first-order chi connectivity index (χ1) is 15.5. The maximum atomic E-state index is 11.4. The van der Waals surface area contributed by atoms with Crippen LogP contribution in [0.2, 0.25) is 0 Å². The van der Waals surface area contributed by atoms with Crippen molar-refractivity contribution >= 4 is 21.2 Å². The van der Waals surface area contributed by atoms with E-state index in [9.17, 15) is 8.42 Å². The maximum absolute atomic E-state index is 11.4. The first kappa shape index (κ1) is 20.4. The number of likely N-dealkylation sites (tertiary alicyclic amines) is 1. The summed E-state index contributed by atoms with van der Waals surface area (Å²) in [6.07, 6.45) is 7.49. The number of aromatic nitrogens is 2. The molecule has 2 aromatic heterocycles. The SMILES string of the molecule is [2H]C([2H])(OCC)c1cc2c(s1)[C@]1(CCN(Cc3cnn(CCS(C)(=O)=O)c3)[C@@H](C)C1)OCC2. The average Bonchev–Trinajstić information content (AvgIpc) is 3.36. The molecule has 9 heteroatoms. The molecule has 1 fully saturated rings. The monoisotopic (exact) mass is 469 g/mol. The lowest BCUT2D eigenvalue weighted by atomic mass is 9.82. The van der Waals surface area contributed by atoms with Gasteiger partial charge in [0.1, 0.15) is 15.4 Å². The van der Waals surface area contributed by atoms with Gasteiger partial charge in [-0.25, -0.2) is 8.42 Å². The molecule has 0 saturated carbocycles. The van der Waals surface area contributed by atoms with Gasteiger partial charge in [0.05, 0.1) is 34.4 Å². The molecule has 31 heavy (non-hydrogen) atoms. The molecule has 0 unspecified atom stereocenters. The summed E-state index contributed by atoms with van der Waals surface area (Å²) in [5.41, 5.74) is 1.89. The smallest absolute Gasteiger partial charge is 0.149 e. The molecule has 0 amide bonds. The van der Waals surface area contributed by atoms with Gasteiger partial charge in [-0.1, -0.05) is 0 Å². The number of piperidine rings is 1. The Morgan fingerprint density at radius 3 is 3.06 bits per heavy atom. The number of hydrogen-bond acceptors (Lipinski definition) is 7. The quantitative estimate of drug-likeness (QED) is 0.592. The fourth-order valence-corrected chi connectivity index (χ4v) is 6.31. The van der Waals surface area contributed by atoms with Crippen LogP contribution in [0.25, 0.3) is 0 Å². The molecule has 0 radical (unpaired) electrons. The maximum Gasteiger partial charge on any atom is 0.149 e. The van der Waals surface area contributed by atoms with Crippen molar-refractivity contribution in [3.63, 3.8) is 0 Å². The minimum atomic E-state index is -3.02. The van der Waals surface area contributed by atoms with Crippen molar-refractivity contribution < 1.29 is 20.6 Å². The molecule has 1 saturated heterocycles. The molecule has 4 rings (SSSR count). The Morgan fingerprint density at radius 1 is 1.48 bits per heavy atom. The predicted octanol–water partition coefficient (Wildman–Crippen LogP) is 2.98. The third kappa shape index (κ3) is 5.39. The van der Waals surface area contributed by atoms with Gasteiger partial charge in [0, 0.05) is 53.5 Å². The summed E-state index contributed by atoms with van der Waals surface area (Å²) >= 11 is 1.50. The Balaban J connectivity index is 1.45. The highest BCUT2D eigenvalue weighted by atomic mass is 32.2. The number of hydrogen-bond donors (Lipinski definition) is 0. The average molecular weight is 470 g/mol. The van der Waals surface area contributed by atoms with Crippen molar-refractivity contribution in [2.24, 2.45) is 0 Å². The fraction of sp³-hybridized carbons (Fsp3) is 0.682. The second-order valence-corrected chi connectivity index (χ2v) is 11.9. The van der Waals surface area contributed by atoms with E-state index in [2.05, 4.69) is 16.9 Å². The van der Waals surface area contributed by atoms with Crippen molar-refractivity contribution in [2.75, 3.05) is 31.8 Å². The molecule has 2 aliphatic rings. The van der Waals surface area contributed by atoms with Crippen LogP contribution in [0.1, 0.15) is 50.3 Å². The van der Waals surface area contributed by atoms with E-state index in [0.717, 1.165) is 42.8 Å². The van der Waals surface area contributed by atoms with Crippen molar-refractivity contribution in [3.05, 3.63) is 39.3 Å². The molecule has 0 N–H and O–H groups in total. The molecule has 0 aromatic carbocycles. The van der Waals surface area contributed by atoms with Crippen LogP contribution in [-0.4, -0.2) is 60.9 Å². The molecular weight excluding hydrogens is 434 g/mol. The lowest BCUT2D eigenvalue weighted by Gasteiger charge is -2.47. The Kier molecular flexibility index (Phi) is 6.11. The zero-order chi connectivity index (χ0) is 23.9. The van der Waals surface area contributed by atoms with Gasteiger partial charge in [-0.15, -0.1) is 11.3 Å². The van der Waals surface area contributed by atoms with Gasteiger partial charge in [0.15, 0.2) is 0 Å². The summed E-state index contributed by atoms with van der Waals surface area (Å²) in [4.78, 5) is 4.19. The van der Waals surface area contributed by atoms with Gasteiger partial charge in [-0.2, -0.15) is 5.10 Å². The van der Waals surface area contributed by atoms with E-state index < -0.39 is 16.4 Å². The zero-order valence-corrected chi connectivity index (χ0v) is 20.1. The van der Waals surface area contributed by atoms with E-state index in [-0.39, 0.29) is 17.4 Å². The van der Waals surface area contributed by atoms with E-state index >= 15 is 0 Å². The Hall–Kier alpha value is -1.26. The highest BCUT2D eigenvalue weighted by molar-refractivity contribution is 7.90. The molecule has 2 aromatic rings. The van der Waals surface area contributed by atoms with E-state index in [1.54, 1.807) is 4.68 Å². The fourth-order valence-electron chi connectivity index (χ4n) is 4.54. The number of fused-ring (bicyclic) bond motifs is 2. The summed E-state index contributed by atoms with van der Waals surface area (Å²) in [7, 11) is -3.02. The summed E-state index contributed by atoms with van der Waals surface area (Å²) in [6, 6.07) is 2.25. The third-order valence-corrected chi connectivity index (χ3v) is 8.29. The van der Waals surface area contributed by atoms with Crippen molar-refractivity contribution in [1.29, 1.82) is 0 Å². The van der Waals surface area contributed by atoms with Crippen LogP contribution in [0.4, 0.5) is 0 Å². The zero-order valence-electron chi connectivity index (χ0n) is 20.5. The summed E-state index contributed by atoms with van der Waals surface area (Å²) in [5, 5.41) is 4.32. The summed E-state index contributed by atoms with van der Waals surface area (Å²) in [6.45, 7) is 5.20. The van der Waals surface area contributed by atoms with Gasteiger partial charge in [0.25, 0.3) is 0 Å². The number of rotatable bonds is 8.